The number of carbonyl (C=O) groups is 1. The number of aliphatic hydroxyl groups is 1. The number of thiol groups is 1. The Morgan fingerprint density at radius 2 is 2.26 bits per heavy atom. The van der Waals surface area contributed by atoms with Crippen LogP contribution in [0.3, 0.4) is 0 Å². The number of nitrogens with zero attached hydrogens (tertiary/aromatic N) is 2. The molecular weight excluding hydrogens is 268 g/mol. The number of nitro groups is 1. The van der Waals surface area contributed by atoms with Gasteiger partial charge in [-0.2, -0.15) is 12.6 Å². The third kappa shape index (κ3) is 2.71. The molecule has 0 bridgehead atoms. The van der Waals surface area contributed by atoms with Crippen LogP contribution in [0.15, 0.2) is 18.2 Å². The molecule has 6 nitrogen and oxygen atoms in total. The van der Waals surface area contributed by atoms with Gasteiger partial charge in [0.25, 0.3) is 5.69 Å². The van der Waals surface area contributed by atoms with E-state index < -0.39 is 4.92 Å². The van der Waals surface area contributed by atoms with Gasteiger partial charge in [-0.3, -0.25) is 14.9 Å². The van der Waals surface area contributed by atoms with Gasteiger partial charge in [-0.15, -0.1) is 0 Å². The molecule has 1 amide bonds. The Morgan fingerprint density at radius 1 is 1.53 bits per heavy atom. The number of nitro benzene ring substituents is 1. The van der Waals surface area contributed by atoms with E-state index in [2.05, 4.69) is 12.6 Å². The lowest BCUT2D eigenvalue weighted by Gasteiger charge is -2.19. The third-order valence-corrected chi connectivity index (χ3v) is 3.72. The predicted octanol–water partition coefficient (Wildman–Crippen LogP) is 1.37. The molecule has 19 heavy (non-hydrogen) atoms. The fraction of sp³-hybridized carbons (Fsp3) is 0.417. The molecule has 1 aliphatic heterocycles. The van der Waals surface area contributed by atoms with Crippen molar-refractivity contribution >= 4 is 29.9 Å². The number of aliphatic hydroxyl groups excluding tert-OH is 1. The Labute approximate surface area is 115 Å². The zero-order valence-corrected chi connectivity index (χ0v) is 11.0. The van der Waals surface area contributed by atoms with Crippen molar-refractivity contribution in [1.82, 2.24) is 0 Å². The van der Waals surface area contributed by atoms with Gasteiger partial charge in [0.15, 0.2) is 0 Å². The molecule has 1 unspecified atom stereocenters. The number of hydrogen-bond donors (Lipinski definition) is 2. The van der Waals surface area contributed by atoms with Crippen molar-refractivity contribution in [3.05, 3.63) is 33.9 Å². The number of non-ortho nitro benzene ring substituents is 1. The number of amides is 1. The molecule has 1 fully saturated rings. The Kier molecular flexibility index (Phi) is 4.06. The highest BCUT2D eigenvalue weighted by Gasteiger charge is 2.31. The highest BCUT2D eigenvalue weighted by molar-refractivity contribution is 7.80. The van der Waals surface area contributed by atoms with Gasteiger partial charge in [-0.05, 0) is 17.7 Å². The molecule has 2 rings (SSSR count). The first-order valence-corrected chi connectivity index (χ1v) is 6.49. The summed E-state index contributed by atoms with van der Waals surface area (Å²) in [7, 11) is 0. The maximum absolute atomic E-state index is 11.9. The topological polar surface area (TPSA) is 83.7 Å². The van der Waals surface area contributed by atoms with Crippen LogP contribution in [0.5, 0.6) is 0 Å². The van der Waals surface area contributed by atoms with Crippen molar-refractivity contribution in [2.45, 2.75) is 13.0 Å². The molecule has 1 aromatic carbocycles. The van der Waals surface area contributed by atoms with Crippen LogP contribution in [-0.2, 0) is 11.4 Å². The highest BCUT2D eigenvalue weighted by Crippen LogP contribution is 2.31. The SMILES string of the molecule is O=C1CC(CS)CN1c1cc([N+](=O)[O-])ccc1CO. The van der Waals surface area contributed by atoms with Crippen molar-refractivity contribution in [3.8, 4) is 0 Å². The second-order valence-corrected chi connectivity index (χ2v) is 4.85. The normalized spacial score (nSPS) is 18.9. The summed E-state index contributed by atoms with van der Waals surface area (Å²) >= 11 is 4.17. The lowest BCUT2D eigenvalue weighted by Crippen LogP contribution is -2.26. The first-order chi connectivity index (χ1) is 9.06. The molecule has 7 heteroatoms. The largest absolute Gasteiger partial charge is 0.392 e. The first-order valence-electron chi connectivity index (χ1n) is 5.86. The van der Waals surface area contributed by atoms with Gasteiger partial charge >= 0.3 is 0 Å². The average Bonchev–Trinajstić information content (AvgIpc) is 2.79. The van der Waals surface area contributed by atoms with Gasteiger partial charge in [0, 0.05) is 30.7 Å². The van der Waals surface area contributed by atoms with Crippen molar-refractivity contribution in [1.29, 1.82) is 0 Å². The number of benzene rings is 1. The van der Waals surface area contributed by atoms with E-state index in [4.69, 9.17) is 0 Å². The first kappa shape index (κ1) is 13.8. The molecule has 102 valence electrons. The van der Waals surface area contributed by atoms with E-state index in [0.717, 1.165) is 0 Å². The van der Waals surface area contributed by atoms with E-state index in [1.165, 1.54) is 23.1 Å². The molecular formula is C12H14N2O4S. The molecule has 1 heterocycles. The fourth-order valence-electron chi connectivity index (χ4n) is 2.19. The summed E-state index contributed by atoms with van der Waals surface area (Å²) in [4.78, 5) is 23.7. The quantitative estimate of drug-likeness (QED) is 0.496. The number of hydrogen-bond acceptors (Lipinski definition) is 5. The maximum Gasteiger partial charge on any atom is 0.271 e. The van der Waals surface area contributed by atoms with Gasteiger partial charge in [0.2, 0.25) is 5.91 Å². The minimum absolute atomic E-state index is 0.0886. The molecule has 1 aromatic rings. The van der Waals surface area contributed by atoms with E-state index in [1.807, 2.05) is 0 Å². The van der Waals surface area contributed by atoms with Crippen LogP contribution in [-0.4, -0.2) is 28.2 Å². The van der Waals surface area contributed by atoms with Crippen LogP contribution in [0.25, 0.3) is 0 Å². The summed E-state index contributed by atoms with van der Waals surface area (Å²) in [5, 5.41) is 20.1. The standard InChI is InChI=1S/C12H14N2O4S/c15-6-9-1-2-10(14(17)18)4-11(9)13-5-8(7-19)3-12(13)16/h1-2,4,8,15,19H,3,5-7H2. The van der Waals surface area contributed by atoms with Gasteiger partial charge in [-0.1, -0.05) is 0 Å². The number of carbonyl (C=O) groups excluding carboxylic acids is 1. The van der Waals surface area contributed by atoms with Gasteiger partial charge in [0.05, 0.1) is 17.2 Å². The molecule has 1 atom stereocenters. The minimum atomic E-state index is -0.513. The van der Waals surface area contributed by atoms with E-state index in [1.54, 1.807) is 0 Å². The zero-order valence-electron chi connectivity index (χ0n) is 10.2. The Bertz CT molecular complexity index is 520. The Morgan fingerprint density at radius 3 is 2.79 bits per heavy atom. The Balaban J connectivity index is 2.39. The van der Waals surface area contributed by atoms with Crippen molar-refractivity contribution in [2.24, 2.45) is 5.92 Å². The molecule has 0 aromatic heterocycles. The van der Waals surface area contributed by atoms with Crippen LogP contribution in [0.2, 0.25) is 0 Å². The van der Waals surface area contributed by atoms with Crippen LogP contribution in [0.4, 0.5) is 11.4 Å². The lowest BCUT2D eigenvalue weighted by molar-refractivity contribution is -0.384. The van der Waals surface area contributed by atoms with Crippen LogP contribution >= 0.6 is 12.6 Å². The number of rotatable bonds is 4. The average molecular weight is 282 g/mol. The van der Waals surface area contributed by atoms with Crippen LogP contribution in [0.1, 0.15) is 12.0 Å². The van der Waals surface area contributed by atoms with Gasteiger partial charge in [-0.25, -0.2) is 0 Å². The molecule has 1 N–H and O–H groups in total. The molecule has 1 aliphatic rings. The zero-order chi connectivity index (χ0) is 14.0. The predicted molar refractivity (Wildman–Crippen MR) is 73.3 cm³/mol. The second-order valence-electron chi connectivity index (χ2n) is 4.49. The lowest BCUT2D eigenvalue weighted by atomic mass is 10.1. The van der Waals surface area contributed by atoms with Crippen LogP contribution < -0.4 is 4.90 Å². The molecule has 0 aliphatic carbocycles. The van der Waals surface area contributed by atoms with Crippen LogP contribution in [0, 0.1) is 16.0 Å². The number of anilines is 1. The maximum atomic E-state index is 11.9. The van der Waals surface area contributed by atoms with E-state index in [-0.39, 0.29) is 24.1 Å². The molecule has 1 saturated heterocycles. The fourth-order valence-corrected chi connectivity index (χ4v) is 2.43. The summed E-state index contributed by atoms with van der Waals surface area (Å²) < 4.78 is 0. The third-order valence-electron chi connectivity index (χ3n) is 3.20. The molecule has 0 saturated carbocycles. The van der Waals surface area contributed by atoms with Crippen molar-refractivity contribution in [2.75, 3.05) is 17.2 Å². The monoisotopic (exact) mass is 282 g/mol. The van der Waals surface area contributed by atoms with E-state index in [0.29, 0.717) is 30.0 Å². The summed E-state index contributed by atoms with van der Waals surface area (Å²) in [5.74, 6) is 0.641. The molecule has 0 radical (unpaired) electrons. The summed E-state index contributed by atoms with van der Waals surface area (Å²) in [6.07, 6.45) is 0.386. The van der Waals surface area contributed by atoms with Crippen molar-refractivity contribution in [3.63, 3.8) is 0 Å². The summed E-state index contributed by atoms with van der Waals surface area (Å²) in [6.45, 7) is 0.221. The minimum Gasteiger partial charge on any atom is -0.392 e. The summed E-state index contributed by atoms with van der Waals surface area (Å²) in [5.41, 5.74) is 0.846. The second kappa shape index (κ2) is 5.58. The van der Waals surface area contributed by atoms with E-state index in [9.17, 15) is 20.0 Å². The van der Waals surface area contributed by atoms with Gasteiger partial charge in [0.1, 0.15) is 0 Å². The Hall–Kier alpha value is -1.60. The van der Waals surface area contributed by atoms with Gasteiger partial charge < -0.3 is 10.0 Å². The molecule has 0 spiro atoms. The highest BCUT2D eigenvalue weighted by atomic mass is 32.1. The summed E-state index contributed by atoms with van der Waals surface area (Å²) in [6, 6.07) is 4.14. The van der Waals surface area contributed by atoms with Crippen molar-refractivity contribution < 1.29 is 14.8 Å². The van der Waals surface area contributed by atoms with E-state index >= 15 is 0 Å². The smallest absolute Gasteiger partial charge is 0.271 e.